The number of nitrogens with one attached hydrogen (secondary N) is 2. The number of amides is 1. The average molecular weight is 279 g/mol. The SMILES string of the molecule is CNCC1CCCN1CCC(=O)Nc1cccc(F)c1. The Hall–Kier alpha value is -1.46. The first kappa shape index (κ1) is 14.9. The molecule has 1 saturated heterocycles. The number of anilines is 1. The molecular weight excluding hydrogens is 257 g/mol. The smallest absolute Gasteiger partial charge is 0.225 e. The standard InChI is InChI=1S/C15H22FN3O/c1-17-11-14-6-3-8-19(14)9-7-15(20)18-13-5-2-4-12(16)10-13/h2,4-5,10,14,17H,3,6-9,11H2,1H3,(H,18,20). The number of halogens is 1. The van der Waals surface area contributed by atoms with Crippen LogP contribution in [0.4, 0.5) is 10.1 Å². The van der Waals surface area contributed by atoms with Gasteiger partial charge in [-0.3, -0.25) is 9.69 Å². The minimum atomic E-state index is -0.337. The Bertz CT molecular complexity index is 452. The van der Waals surface area contributed by atoms with Gasteiger partial charge in [0.15, 0.2) is 0 Å². The molecule has 0 radical (unpaired) electrons. The predicted molar refractivity (Wildman–Crippen MR) is 78.2 cm³/mol. The Morgan fingerprint density at radius 2 is 2.35 bits per heavy atom. The minimum absolute atomic E-state index is 0.0642. The third-order valence-corrected chi connectivity index (χ3v) is 3.67. The molecule has 1 unspecified atom stereocenters. The molecule has 5 heteroatoms. The van der Waals surface area contributed by atoms with Crippen LogP contribution in [0.3, 0.4) is 0 Å². The zero-order chi connectivity index (χ0) is 14.4. The molecule has 1 aromatic rings. The number of likely N-dealkylation sites (N-methyl/N-ethyl adjacent to an activating group) is 1. The largest absolute Gasteiger partial charge is 0.326 e. The molecular formula is C15H22FN3O. The van der Waals surface area contributed by atoms with Gasteiger partial charge >= 0.3 is 0 Å². The van der Waals surface area contributed by atoms with Crippen molar-refractivity contribution >= 4 is 11.6 Å². The van der Waals surface area contributed by atoms with E-state index in [0.717, 1.165) is 19.6 Å². The van der Waals surface area contributed by atoms with Crippen molar-refractivity contribution in [3.63, 3.8) is 0 Å². The highest BCUT2D eigenvalue weighted by molar-refractivity contribution is 5.90. The molecule has 110 valence electrons. The van der Waals surface area contributed by atoms with Crippen LogP contribution in [0.25, 0.3) is 0 Å². The quantitative estimate of drug-likeness (QED) is 0.835. The van der Waals surface area contributed by atoms with E-state index in [2.05, 4.69) is 15.5 Å². The molecule has 1 atom stereocenters. The van der Waals surface area contributed by atoms with Gasteiger partial charge in [-0.05, 0) is 44.6 Å². The van der Waals surface area contributed by atoms with E-state index in [9.17, 15) is 9.18 Å². The Morgan fingerprint density at radius 3 is 3.10 bits per heavy atom. The molecule has 2 rings (SSSR count). The van der Waals surface area contributed by atoms with Crippen LogP contribution in [-0.4, -0.2) is 43.5 Å². The number of rotatable bonds is 6. The fourth-order valence-corrected chi connectivity index (χ4v) is 2.69. The molecule has 0 spiro atoms. The van der Waals surface area contributed by atoms with Crippen LogP contribution < -0.4 is 10.6 Å². The molecule has 4 nitrogen and oxygen atoms in total. The Labute approximate surface area is 119 Å². The fourth-order valence-electron chi connectivity index (χ4n) is 2.69. The predicted octanol–water partition coefficient (Wildman–Crippen LogP) is 1.84. The Morgan fingerprint density at radius 1 is 1.50 bits per heavy atom. The van der Waals surface area contributed by atoms with Crippen molar-refractivity contribution in [2.24, 2.45) is 0 Å². The normalized spacial score (nSPS) is 19.2. The van der Waals surface area contributed by atoms with E-state index in [0.29, 0.717) is 18.2 Å². The molecule has 1 aliphatic heterocycles. The van der Waals surface area contributed by atoms with Crippen LogP contribution in [0.1, 0.15) is 19.3 Å². The van der Waals surface area contributed by atoms with E-state index < -0.39 is 0 Å². The third-order valence-electron chi connectivity index (χ3n) is 3.67. The Balaban J connectivity index is 1.77. The summed E-state index contributed by atoms with van der Waals surface area (Å²) in [5.41, 5.74) is 0.517. The molecule has 2 N–H and O–H groups in total. The van der Waals surface area contributed by atoms with Crippen LogP contribution in [0.2, 0.25) is 0 Å². The van der Waals surface area contributed by atoms with Gasteiger partial charge in [0, 0.05) is 31.2 Å². The van der Waals surface area contributed by atoms with Crippen molar-refractivity contribution in [1.82, 2.24) is 10.2 Å². The summed E-state index contributed by atoms with van der Waals surface area (Å²) >= 11 is 0. The first-order valence-electron chi connectivity index (χ1n) is 7.13. The first-order chi connectivity index (χ1) is 9.69. The van der Waals surface area contributed by atoms with E-state index in [1.165, 1.54) is 25.0 Å². The number of carbonyl (C=O) groups is 1. The second-order valence-electron chi connectivity index (χ2n) is 5.20. The maximum absolute atomic E-state index is 13.0. The van der Waals surface area contributed by atoms with E-state index in [1.54, 1.807) is 12.1 Å². The highest BCUT2D eigenvalue weighted by Gasteiger charge is 2.23. The number of carbonyl (C=O) groups excluding carboxylic acids is 1. The highest BCUT2D eigenvalue weighted by atomic mass is 19.1. The molecule has 0 saturated carbocycles. The molecule has 1 amide bonds. The van der Waals surface area contributed by atoms with Crippen molar-refractivity contribution in [3.8, 4) is 0 Å². The average Bonchev–Trinajstić information content (AvgIpc) is 2.84. The first-order valence-corrected chi connectivity index (χ1v) is 7.13. The number of likely N-dealkylation sites (tertiary alicyclic amines) is 1. The van der Waals surface area contributed by atoms with Gasteiger partial charge in [-0.1, -0.05) is 6.07 Å². The van der Waals surface area contributed by atoms with E-state index in [1.807, 2.05) is 7.05 Å². The van der Waals surface area contributed by atoms with Crippen molar-refractivity contribution in [2.45, 2.75) is 25.3 Å². The van der Waals surface area contributed by atoms with Gasteiger partial charge in [-0.15, -0.1) is 0 Å². The molecule has 0 bridgehead atoms. The fraction of sp³-hybridized carbons (Fsp3) is 0.533. The minimum Gasteiger partial charge on any atom is -0.326 e. The molecule has 1 aromatic carbocycles. The summed E-state index contributed by atoms with van der Waals surface area (Å²) in [4.78, 5) is 14.2. The van der Waals surface area contributed by atoms with Crippen LogP contribution >= 0.6 is 0 Å². The summed E-state index contributed by atoms with van der Waals surface area (Å²) in [6.07, 6.45) is 2.82. The lowest BCUT2D eigenvalue weighted by molar-refractivity contribution is -0.116. The lowest BCUT2D eigenvalue weighted by Gasteiger charge is -2.23. The van der Waals surface area contributed by atoms with Gasteiger partial charge < -0.3 is 10.6 Å². The van der Waals surface area contributed by atoms with Gasteiger partial charge in [-0.2, -0.15) is 0 Å². The summed E-state index contributed by atoms with van der Waals surface area (Å²) < 4.78 is 13.0. The molecule has 1 fully saturated rings. The van der Waals surface area contributed by atoms with Gasteiger partial charge in [0.1, 0.15) is 5.82 Å². The van der Waals surface area contributed by atoms with E-state index >= 15 is 0 Å². The number of benzene rings is 1. The Kier molecular flexibility index (Phi) is 5.49. The monoisotopic (exact) mass is 279 g/mol. The highest BCUT2D eigenvalue weighted by Crippen LogP contribution is 2.17. The lowest BCUT2D eigenvalue weighted by Crippen LogP contribution is -2.38. The zero-order valence-electron chi connectivity index (χ0n) is 11.9. The molecule has 1 heterocycles. The molecule has 1 aliphatic rings. The lowest BCUT2D eigenvalue weighted by atomic mass is 10.2. The van der Waals surface area contributed by atoms with Gasteiger partial charge in [0.25, 0.3) is 0 Å². The van der Waals surface area contributed by atoms with Crippen LogP contribution in [0, 0.1) is 5.82 Å². The van der Waals surface area contributed by atoms with Crippen LogP contribution in [0.5, 0.6) is 0 Å². The van der Waals surface area contributed by atoms with Crippen LogP contribution in [-0.2, 0) is 4.79 Å². The summed E-state index contributed by atoms with van der Waals surface area (Å²) in [7, 11) is 1.95. The van der Waals surface area contributed by atoms with E-state index in [4.69, 9.17) is 0 Å². The second kappa shape index (κ2) is 7.36. The number of hydrogen-bond donors (Lipinski definition) is 2. The van der Waals surface area contributed by atoms with Gasteiger partial charge in [-0.25, -0.2) is 4.39 Å². The second-order valence-corrected chi connectivity index (χ2v) is 5.20. The third kappa shape index (κ3) is 4.28. The van der Waals surface area contributed by atoms with E-state index in [-0.39, 0.29) is 11.7 Å². The summed E-state index contributed by atoms with van der Waals surface area (Å²) in [6.45, 7) is 2.78. The molecule has 20 heavy (non-hydrogen) atoms. The van der Waals surface area contributed by atoms with Gasteiger partial charge in [0.05, 0.1) is 0 Å². The zero-order valence-corrected chi connectivity index (χ0v) is 11.9. The van der Waals surface area contributed by atoms with Gasteiger partial charge in [0.2, 0.25) is 5.91 Å². The topological polar surface area (TPSA) is 44.4 Å². The number of nitrogens with zero attached hydrogens (tertiary/aromatic N) is 1. The maximum Gasteiger partial charge on any atom is 0.225 e. The van der Waals surface area contributed by atoms with Crippen LogP contribution in [0.15, 0.2) is 24.3 Å². The van der Waals surface area contributed by atoms with Crippen molar-refractivity contribution in [2.75, 3.05) is 32.0 Å². The summed E-state index contributed by atoms with van der Waals surface area (Å²) in [5, 5.41) is 5.92. The number of hydrogen-bond acceptors (Lipinski definition) is 3. The summed E-state index contributed by atoms with van der Waals surface area (Å²) in [6, 6.07) is 6.51. The summed E-state index contributed by atoms with van der Waals surface area (Å²) in [5.74, 6) is -0.401. The van der Waals surface area contributed by atoms with Crippen molar-refractivity contribution in [3.05, 3.63) is 30.1 Å². The van der Waals surface area contributed by atoms with Crippen molar-refractivity contribution in [1.29, 1.82) is 0 Å². The molecule has 0 aromatic heterocycles. The molecule has 0 aliphatic carbocycles. The maximum atomic E-state index is 13.0. The van der Waals surface area contributed by atoms with Crippen molar-refractivity contribution < 1.29 is 9.18 Å².